The summed E-state index contributed by atoms with van der Waals surface area (Å²) in [7, 11) is 3.49. The lowest BCUT2D eigenvalue weighted by Gasteiger charge is -2.22. The van der Waals surface area contributed by atoms with Crippen LogP contribution in [0.15, 0.2) is 60.0 Å². The fourth-order valence-corrected chi connectivity index (χ4v) is 3.00. The number of alkyl halides is 3. The monoisotopic (exact) mass is 416 g/mol. The number of aryl methyl sites for hydroxylation is 1. The molecule has 1 N–H and O–H groups in total. The Labute approximate surface area is 173 Å². The molecule has 0 unspecified atom stereocenters. The first-order valence-corrected chi connectivity index (χ1v) is 9.31. The molecule has 0 spiro atoms. The molecule has 3 rings (SSSR count). The number of guanidine groups is 1. The summed E-state index contributed by atoms with van der Waals surface area (Å²) < 4.78 is 40.0. The van der Waals surface area contributed by atoms with Crippen LogP contribution in [0.4, 0.5) is 13.2 Å². The molecular formula is C21H23F3N6. The Kier molecular flexibility index (Phi) is 6.39. The zero-order valence-corrected chi connectivity index (χ0v) is 17.0. The molecule has 0 saturated carbocycles. The molecule has 6 nitrogen and oxygen atoms in total. The number of nitrogens with zero attached hydrogens (tertiary/aromatic N) is 5. The van der Waals surface area contributed by atoms with Gasteiger partial charge in [-0.15, -0.1) is 0 Å². The normalized spacial score (nSPS) is 12.1. The SMILES string of the molecule is CN=C(NCc1ccc(-n2ccnc2C)nc1)N(C)Cc1ccc(C(F)(F)F)cc1. The third-order valence-electron chi connectivity index (χ3n) is 4.61. The van der Waals surface area contributed by atoms with Crippen LogP contribution in [0.2, 0.25) is 0 Å². The van der Waals surface area contributed by atoms with E-state index < -0.39 is 11.7 Å². The maximum absolute atomic E-state index is 12.7. The summed E-state index contributed by atoms with van der Waals surface area (Å²) >= 11 is 0. The van der Waals surface area contributed by atoms with E-state index in [0.29, 0.717) is 19.0 Å². The first-order chi connectivity index (χ1) is 14.3. The Morgan fingerprint density at radius 1 is 1.10 bits per heavy atom. The van der Waals surface area contributed by atoms with E-state index in [1.54, 1.807) is 19.4 Å². The molecule has 0 aliphatic carbocycles. The van der Waals surface area contributed by atoms with Gasteiger partial charge < -0.3 is 10.2 Å². The Morgan fingerprint density at radius 2 is 1.80 bits per heavy atom. The van der Waals surface area contributed by atoms with Gasteiger partial charge in [0.05, 0.1) is 5.56 Å². The second-order valence-corrected chi connectivity index (χ2v) is 6.82. The van der Waals surface area contributed by atoms with Crippen molar-refractivity contribution >= 4 is 5.96 Å². The van der Waals surface area contributed by atoms with E-state index in [-0.39, 0.29) is 0 Å². The molecule has 0 atom stereocenters. The van der Waals surface area contributed by atoms with Gasteiger partial charge in [0.15, 0.2) is 5.96 Å². The molecule has 0 amide bonds. The molecule has 0 aliphatic rings. The van der Waals surface area contributed by atoms with Gasteiger partial charge in [0.2, 0.25) is 0 Å². The molecule has 0 aliphatic heterocycles. The van der Waals surface area contributed by atoms with Gasteiger partial charge in [-0.2, -0.15) is 13.2 Å². The number of benzene rings is 1. The number of nitrogens with one attached hydrogen (secondary N) is 1. The predicted octanol–water partition coefficient (Wildman–Crippen LogP) is 3.80. The van der Waals surface area contributed by atoms with Crippen molar-refractivity contribution in [1.29, 1.82) is 0 Å². The van der Waals surface area contributed by atoms with Gasteiger partial charge in [-0.05, 0) is 36.2 Å². The number of rotatable bonds is 5. The molecule has 2 aromatic heterocycles. The lowest BCUT2D eigenvalue weighted by Crippen LogP contribution is -2.38. The number of hydrogen-bond donors (Lipinski definition) is 1. The van der Waals surface area contributed by atoms with Crippen LogP contribution in [0, 0.1) is 6.92 Å². The summed E-state index contributed by atoms with van der Waals surface area (Å²) in [6, 6.07) is 9.03. The topological polar surface area (TPSA) is 58.3 Å². The van der Waals surface area contributed by atoms with Gasteiger partial charge >= 0.3 is 6.18 Å². The minimum atomic E-state index is -4.33. The van der Waals surface area contributed by atoms with Crippen molar-refractivity contribution in [2.45, 2.75) is 26.2 Å². The number of hydrogen-bond acceptors (Lipinski definition) is 3. The van der Waals surface area contributed by atoms with E-state index in [1.807, 2.05) is 41.8 Å². The summed E-state index contributed by atoms with van der Waals surface area (Å²) in [6.07, 6.45) is 1.03. The second kappa shape index (κ2) is 8.98. The fraction of sp³-hybridized carbons (Fsp3) is 0.286. The number of aromatic nitrogens is 3. The van der Waals surface area contributed by atoms with Crippen LogP contribution in [0.5, 0.6) is 0 Å². The van der Waals surface area contributed by atoms with E-state index in [0.717, 1.165) is 34.9 Å². The lowest BCUT2D eigenvalue weighted by molar-refractivity contribution is -0.137. The molecular weight excluding hydrogens is 393 g/mol. The quantitative estimate of drug-likeness (QED) is 0.508. The van der Waals surface area contributed by atoms with Crippen LogP contribution in [-0.4, -0.2) is 39.5 Å². The highest BCUT2D eigenvalue weighted by Crippen LogP contribution is 2.29. The number of pyridine rings is 1. The average Bonchev–Trinajstić information content (AvgIpc) is 3.14. The Balaban J connectivity index is 1.58. The van der Waals surface area contributed by atoms with Crippen molar-refractivity contribution < 1.29 is 13.2 Å². The largest absolute Gasteiger partial charge is 0.416 e. The second-order valence-electron chi connectivity index (χ2n) is 6.82. The van der Waals surface area contributed by atoms with Crippen molar-refractivity contribution in [2.75, 3.05) is 14.1 Å². The Bertz CT molecular complexity index is 991. The molecule has 0 fully saturated rings. The van der Waals surface area contributed by atoms with Gasteiger partial charge in [0, 0.05) is 45.8 Å². The maximum atomic E-state index is 12.7. The third-order valence-corrected chi connectivity index (χ3v) is 4.61. The Morgan fingerprint density at radius 3 is 2.33 bits per heavy atom. The van der Waals surface area contributed by atoms with Crippen LogP contribution in [-0.2, 0) is 19.3 Å². The number of aliphatic imine (C=N–C) groups is 1. The van der Waals surface area contributed by atoms with Crippen molar-refractivity contribution in [1.82, 2.24) is 24.8 Å². The summed E-state index contributed by atoms with van der Waals surface area (Å²) in [5, 5.41) is 3.24. The van der Waals surface area contributed by atoms with E-state index in [4.69, 9.17) is 0 Å². The van der Waals surface area contributed by atoms with Crippen LogP contribution < -0.4 is 5.32 Å². The van der Waals surface area contributed by atoms with Crippen molar-refractivity contribution in [3.8, 4) is 5.82 Å². The third kappa shape index (κ3) is 5.16. The molecule has 2 heterocycles. The maximum Gasteiger partial charge on any atom is 0.416 e. The smallest absolute Gasteiger partial charge is 0.352 e. The zero-order chi connectivity index (χ0) is 21.7. The standard InChI is InChI=1S/C21H23F3N6/c1-15-26-10-11-30(15)19-9-6-17(12-27-19)13-28-20(25-2)29(3)14-16-4-7-18(8-5-16)21(22,23)24/h4-12H,13-14H2,1-3H3,(H,25,28). The molecule has 30 heavy (non-hydrogen) atoms. The van der Waals surface area contributed by atoms with Gasteiger partial charge in [0.1, 0.15) is 11.6 Å². The van der Waals surface area contributed by atoms with Crippen LogP contribution >= 0.6 is 0 Å². The van der Waals surface area contributed by atoms with Gasteiger partial charge in [-0.3, -0.25) is 9.56 Å². The molecule has 0 bridgehead atoms. The van der Waals surface area contributed by atoms with E-state index in [9.17, 15) is 13.2 Å². The summed E-state index contributed by atoms with van der Waals surface area (Å²) in [5.74, 6) is 2.28. The zero-order valence-electron chi connectivity index (χ0n) is 17.0. The van der Waals surface area contributed by atoms with Crippen LogP contribution in [0.3, 0.4) is 0 Å². The van der Waals surface area contributed by atoms with Gasteiger partial charge in [-0.1, -0.05) is 18.2 Å². The fourth-order valence-electron chi connectivity index (χ4n) is 3.00. The van der Waals surface area contributed by atoms with Gasteiger partial charge in [0.25, 0.3) is 0 Å². The first kappa shape index (κ1) is 21.4. The molecule has 3 aromatic rings. The number of imidazole rings is 1. The molecule has 0 radical (unpaired) electrons. The highest BCUT2D eigenvalue weighted by Gasteiger charge is 2.29. The number of halogens is 3. The highest BCUT2D eigenvalue weighted by molar-refractivity contribution is 5.79. The van der Waals surface area contributed by atoms with Crippen molar-refractivity contribution in [3.05, 3.63) is 77.5 Å². The molecule has 1 aromatic carbocycles. The summed E-state index contributed by atoms with van der Waals surface area (Å²) in [6.45, 7) is 2.85. The first-order valence-electron chi connectivity index (χ1n) is 9.31. The van der Waals surface area contributed by atoms with Gasteiger partial charge in [-0.25, -0.2) is 9.97 Å². The molecule has 158 valence electrons. The van der Waals surface area contributed by atoms with E-state index in [1.165, 1.54) is 12.1 Å². The highest BCUT2D eigenvalue weighted by atomic mass is 19.4. The van der Waals surface area contributed by atoms with E-state index in [2.05, 4.69) is 20.3 Å². The minimum Gasteiger partial charge on any atom is -0.352 e. The Hall–Kier alpha value is -3.36. The van der Waals surface area contributed by atoms with Crippen molar-refractivity contribution in [3.63, 3.8) is 0 Å². The molecule has 9 heteroatoms. The lowest BCUT2D eigenvalue weighted by atomic mass is 10.1. The molecule has 0 saturated heterocycles. The minimum absolute atomic E-state index is 0.426. The van der Waals surface area contributed by atoms with Crippen LogP contribution in [0.25, 0.3) is 5.82 Å². The van der Waals surface area contributed by atoms with Crippen LogP contribution in [0.1, 0.15) is 22.5 Å². The summed E-state index contributed by atoms with van der Waals surface area (Å²) in [5.41, 5.74) is 1.08. The average molecular weight is 416 g/mol. The predicted molar refractivity (Wildman–Crippen MR) is 109 cm³/mol. The van der Waals surface area contributed by atoms with Crippen molar-refractivity contribution in [2.24, 2.45) is 4.99 Å². The van der Waals surface area contributed by atoms with E-state index >= 15 is 0 Å². The summed E-state index contributed by atoms with van der Waals surface area (Å²) in [4.78, 5) is 14.7.